The van der Waals surface area contributed by atoms with Crippen molar-refractivity contribution in [2.75, 3.05) is 19.0 Å². The summed E-state index contributed by atoms with van der Waals surface area (Å²) >= 11 is 0. The molecule has 0 aliphatic heterocycles. The summed E-state index contributed by atoms with van der Waals surface area (Å²) in [5, 5.41) is 22.8. The molecule has 2 N–H and O–H groups in total. The third-order valence-electron chi connectivity index (χ3n) is 6.46. The Morgan fingerprint density at radius 2 is 2.06 bits per heavy atom. The van der Waals surface area contributed by atoms with Gasteiger partial charge in [0.15, 0.2) is 0 Å². The van der Waals surface area contributed by atoms with Gasteiger partial charge in [-0.25, -0.2) is 9.50 Å². The molecule has 4 aromatic rings. The van der Waals surface area contributed by atoms with E-state index >= 15 is 0 Å². The standard InChI is InChI=1S/C25H31N7O2/c1-17(16-34-2)29-25-27-13-24-22(10-23(32(24)30-25)19-5-7-21(33)8-6-19)20-12-28-31(15-20)14-18-4-3-9-26-11-18/h3-4,9-13,15,17,19,21,33H,5-8,14,16H2,1-2H3,(H,29,30)/t17-,19?,21?/m0/s1. The molecule has 34 heavy (non-hydrogen) atoms. The van der Waals surface area contributed by atoms with Gasteiger partial charge in [-0.3, -0.25) is 9.67 Å². The van der Waals surface area contributed by atoms with Crippen LogP contribution in [0.25, 0.3) is 16.6 Å². The molecule has 0 spiro atoms. The molecular formula is C25H31N7O2. The SMILES string of the molecule is COC[C@H](C)Nc1ncc2c(-c3cnn(Cc4cccnc4)c3)cc(C3CCC(O)CC3)n2n1. The second-order valence-corrected chi connectivity index (χ2v) is 9.16. The van der Waals surface area contributed by atoms with Crippen molar-refractivity contribution in [1.29, 1.82) is 0 Å². The number of nitrogens with zero attached hydrogens (tertiary/aromatic N) is 6. The highest BCUT2D eigenvalue weighted by molar-refractivity contribution is 5.81. The van der Waals surface area contributed by atoms with Gasteiger partial charge in [-0.1, -0.05) is 6.07 Å². The van der Waals surface area contributed by atoms with Crippen molar-refractivity contribution in [3.63, 3.8) is 0 Å². The molecule has 1 aliphatic carbocycles. The number of methoxy groups -OCH3 is 1. The summed E-state index contributed by atoms with van der Waals surface area (Å²) in [6, 6.07) is 6.30. The van der Waals surface area contributed by atoms with E-state index in [0.29, 0.717) is 25.0 Å². The van der Waals surface area contributed by atoms with Crippen LogP contribution in [-0.2, 0) is 11.3 Å². The molecule has 1 atom stereocenters. The third-order valence-corrected chi connectivity index (χ3v) is 6.46. The third kappa shape index (κ3) is 4.80. The van der Waals surface area contributed by atoms with Gasteiger partial charge in [0.2, 0.25) is 5.95 Å². The van der Waals surface area contributed by atoms with Gasteiger partial charge in [0.05, 0.1) is 37.2 Å². The van der Waals surface area contributed by atoms with E-state index in [1.165, 1.54) is 0 Å². The first kappa shape index (κ1) is 22.5. The molecule has 0 saturated heterocycles. The fraction of sp³-hybridized carbons (Fsp3) is 0.440. The topological polar surface area (TPSA) is 102 Å². The van der Waals surface area contributed by atoms with Crippen LogP contribution in [0.15, 0.2) is 49.2 Å². The molecule has 4 heterocycles. The Kier molecular flexibility index (Phi) is 6.55. The number of pyridine rings is 1. The van der Waals surface area contributed by atoms with E-state index in [9.17, 15) is 5.11 Å². The van der Waals surface area contributed by atoms with Crippen molar-refractivity contribution in [1.82, 2.24) is 29.4 Å². The van der Waals surface area contributed by atoms with E-state index in [4.69, 9.17) is 9.84 Å². The molecule has 0 amide bonds. The van der Waals surface area contributed by atoms with Gasteiger partial charge in [-0.15, -0.1) is 5.10 Å². The van der Waals surface area contributed by atoms with Crippen LogP contribution in [0.3, 0.4) is 0 Å². The number of aromatic nitrogens is 6. The van der Waals surface area contributed by atoms with Crippen LogP contribution in [0.5, 0.6) is 0 Å². The molecule has 5 rings (SSSR count). The number of aliphatic hydroxyl groups is 1. The average Bonchev–Trinajstić information content (AvgIpc) is 3.45. The Bertz CT molecular complexity index is 1230. The number of fused-ring (bicyclic) bond motifs is 1. The van der Waals surface area contributed by atoms with Gasteiger partial charge in [0.25, 0.3) is 0 Å². The molecule has 1 saturated carbocycles. The lowest BCUT2D eigenvalue weighted by Crippen LogP contribution is -2.23. The van der Waals surface area contributed by atoms with E-state index in [2.05, 4.69) is 32.6 Å². The van der Waals surface area contributed by atoms with Crippen molar-refractivity contribution in [2.24, 2.45) is 0 Å². The number of nitrogens with one attached hydrogen (secondary N) is 1. The molecule has 0 aromatic carbocycles. The van der Waals surface area contributed by atoms with E-state index in [1.54, 1.807) is 13.3 Å². The summed E-state index contributed by atoms with van der Waals surface area (Å²) < 4.78 is 9.18. The molecule has 0 radical (unpaired) electrons. The van der Waals surface area contributed by atoms with Crippen molar-refractivity contribution >= 4 is 11.5 Å². The molecule has 178 valence electrons. The summed E-state index contributed by atoms with van der Waals surface area (Å²) in [4.78, 5) is 8.78. The maximum atomic E-state index is 10.0. The maximum absolute atomic E-state index is 10.0. The van der Waals surface area contributed by atoms with Gasteiger partial charge >= 0.3 is 0 Å². The van der Waals surface area contributed by atoms with Crippen molar-refractivity contribution in [3.8, 4) is 11.1 Å². The first-order valence-corrected chi connectivity index (χ1v) is 11.8. The lowest BCUT2D eigenvalue weighted by Gasteiger charge is -2.25. The molecule has 9 nitrogen and oxygen atoms in total. The lowest BCUT2D eigenvalue weighted by atomic mass is 9.85. The quantitative estimate of drug-likeness (QED) is 0.414. The predicted octanol–water partition coefficient (Wildman–Crippen LogP) is 3.50. The lowest BCUT2D eigenvalue weighted by molar-refractivity contribution is 0.121. The van der Waals surface area contributed by atoms with Crippen molar-refractivity contribution in [2.45, 2.75) is 57.2 Å². The Hall–Kier alpha value is -3.30. The van der Waals surface area contributed by atoms with Crippen LogP contribution in [0.1, 0.15) is 49.8 Å². The molecule has 0 unspecified atom stereocenters. The Labute approximate surface area is 198 Å². The van der Waals surface area contributed by atoms with Crippen LogP contribution in [0, 0.1) is 0 Å². The highest BCUT2D eigenvalue weighted by atomic mass is 16.5. The van der Waals surface area contributed by atoms with Gasteiger partial charge in [-0.05, 0) is 50.3 Å². The number of anilines is 1. The van der Waals surface area contributed by atoms with Gasteiger partial charge in [0.1, 0.15) is 0 Å². The highest BCUT2D eigenvalue weighted by Crippen LogP contribution is 2.37. The van der Waals surface area contributed by atoms with E-state index in [1.807, 2.05) is 46.8 Å². The number of rotatable bonds is 8. The van der Waals surface area contributed by atoms with Crippen LogP contribution in [0.2, 0.25) is 0 Å². The van der Waals surface area contributed by atoms with Crippen LogP contribution in [-0.4, -0.2) is 60.3 Å². The molecule has 9 heteroatoms. The normalized spacial score (nSPS) is 19.4. The predicted molar refractivity (Wildman–Crippen MR) is 130 cm³/mol. The molecular weight excluding hydrogens is 430 g/mol. The van der Waals surface area contributed by atoms with Crippen LogP contribution >= 0.6 is 0 Å². The van der Waals surface area contributed by atoms with Crippen molar-refractivity contribution in [3.05, 3.63) is 60.4 Å². The zero-order valence-electron chi connectivity index (χ0n) is 19.6. The van der Waals surface area contributed by atoms with Gasteiger partial charge in [-0.2, -0.15) is 5.10 Å². The first-order chi connectivity index (χ1) is 16.6. The summed E-state index contributed by atoms with van der Waals surface area (Å²) in [7, 11) is 1.69. The summed E-state index contributed by atoms with van der Waals surface area (Å²) in [5.74, 6) is 0.915. The second kappa shape index (κ2) is 9.90. The Balaban J connectivity index is 1.50. The highest BCUT2D eigenvalue weighted by Gasteiger charge is 2.26. The monoisotopic (exact) mass is 461 g/mol. The minimum Gasteiger partial charge on any atom is -0.393 e. The smallest absolute Gasteiger partial charge is 0.241 e. The summed E-state index contributed by atoms with van der Waals surface area (Å²) in [6.07, 6.45) is 12.8. The minimum absolute atomic E-state index is 0.0940. The fourth-order valence-corrected chi connectivity index (χ4v) is 4.75. The Morgan fingerprint density at radius 3 is 2.82 bits per heavy atom. The minimum atomic E-state index is -0.200. The molecule has 1 aliphatic rings. The maximum Gasteiger partial charge on any atom is 0.241 e. The molecule has 1 fully saturated rings. The zero-order valence-corrected chi connectivity index (χ0v) is 19.6. The summed E-state index contributed by atoms with van der Waals surface area (Å²) in [6.45, 7) is 3.27. The zero-order chi connectivity index (χ0) is 23.5. The molecule has 4 aromatic heterocycles. The van der Waals surface area contributed by atoms with Crippen molar-refractivity contribution < 1.29 is 9.84 Å². The first-order valence-electron chi connectivity index (χ1n) is 11.8. The summed E-state index contributed by atoms with van der Waals surface area (Å²) in [5.41, 5.74) is 5.30. The van der Waals surface area contributed by atoms with Gasteiger partial charge in [0, 0.05) is 54.5 Å². The van der Waals surface area contributed by atoms with E-state index in [-0.39, 0.29) is 12.1 Å². The van der Waals surface area contributed by atoms with Crippen LogP contribution < -0.4 is 5.32 Å². The largest absolute Gasteiger partial charge is 0.393 e. The molecule has 0 bridgehead atoms. The Morgan fingerprint density at radius 1 is 1.21 bits per heavy atom. The number of hydrogen-bond donors (Lipinski definition) is 2. The van der Waals surface area contributed by atoms with Gasteiger partial charge < -0.3 is 15.2 Å². The average molecular weight is 462 g/mol. The fourth-order valence-electron chi connectivity index (χ4n) is 4.75. The number of aliphatic hydroxyl groups excluding tert-OH is 1. The number of ether oxygens (including phenoxy) is 1. The van der Waals surface area contributed by atoms with E-state index in [0.717, 1.165) is 53.6 Å². The number of hydrogen-bond acceptors (Lipinski definition) is 7. The van der Waals surface area contributed by atoms with Crippen LogP contribution in [0.4, 0.5) is 5.95 Å². The van der Waals surface area contributed by atoms with E-state index < -0.39 is 0 Å². The second-order valence-electron chi connectivity index (χ2n) is 9.16.